The van der Waals surface area contributed by atoms with Gasteiger partial charge in [0.2, 0.25) is 0 Å². The van der Waals surface area contributed by atoms with Gasteiger partial charge in [-0.15, -0.1) is 0 Å². The Morgan fingerprint density at radius 3 is 2.44 bits per heavy atom. The second-order valence-electron chi connectivity index (χ2n) is 3.84. The quantitative estimate of drug-likeness (QED) is 0.680. The lowest BCUT2D eigenvalue weighted by atomic mass is 9.95. The van der Waals surface area contributed by atoms with Gasteiger partial charge in [-0.2, -0.15) is 0 Å². The first kappa shape index (κ1) is 12.5. The van der Waals surface area contributed by atoms with E-state index in [0.717, 1.165) is 12.0 Å². The van der Waals surface area contributed by atoms with Crippen molar-refractivity contribution in [2.24, 2.45) is 11.7 Å². The summed E-state index contributed by atoms with van der Waals surface area (Å²) < 4.78 is 0. The lowest BCUT2D eigenvalue weighted by Crippen LogP contribution is -2.17. The van der Waals surface area contributed by atoms with E-state index in [2.05, 4.69) is 0 Å². The van der Waals surface area contributed by atoms with Gasteiger partial charge in [-0.25, -0.2) is 0 Å². The number of carboxylic acids is 1. The van der Waals surface area contributed by atoms with Gasteiger partial charge in [-0.3, -0.25) is 4.79 Å². The number of aromatic hydroxyl groups is 1. The predicted molar refractivity (Wildman–Crippen MR) is 61.2 cm³/mol. The van der Waals surface area contributed by atoms with E-state index in [1.54, 1.807) is 24.3 Å². The van der Waals surface area contributed by atoms with E-state index in [9.17, 15) is 4.79 Å². The highest BCUT2D eigenvalue weighted by molar-refractivity contribution is 5.70. The van der Waals surface area contributed by atoms with Crippen LogP contribution in [0.1, 0.15) is 18.4 Å². The normalized spacial score (nSPS) is 12.3. The Balaban J connectivity index is 2.60. The number of aliphatic carboxylic acids is 1. The van der Waals surface area contributed by atoms with E-state index < -0.39 is 11.9 Å². The van der Waals surface area contributed by atoms with E-state index in [1.807, 2.05) is 0 Å². The molecule has 0 saturated carbocycles. The number of hydrogen-bond acceptors (Lipinski definition) is 3. The molecule has 0 aliphatic carbocycles. The zero-order valence-electron chi connectivity index (χ0n) is 9.10. The van der Waals surface area contributed by atoms with Gasteiger partial charge in [-0.05, 0) is 43.5 Å². The van der Waals surface area contributed by atoms with Crippen LogP contribution in [0.25, 0.3) is 0 Å². The smallest absolute Gasteiger partial charge is 0.306 e. The summed E-state index contributed by atoms with van der Waals surface area (Å²) in [6.07, 6.45) is 1.79. The average molecular weight is 223 g/mol. The molecule has 1 aromatic rings. The van der Waals surface area contributed by atoms with Crippen molar-refractivity contribution in [3.8, 4) is 5.75 Å². The number of carbonyl (C=O) groups is 1. The number of benzene rings is 1. The Morgan fingerprint density at radius 1 is 1.31 bits per heavy atom. The zero-order chi connectivity index (χ0) is 12.0. The molecule has 88 valence electrons. The number of rotatable bonds is 6. The first-order valence-corrected chi connectivity index (χ1v) is 5.34. The summed E-state index contributed by atoms with van der Waals surface area (Å²) in [6, 6.07) is 6.62. The molecule has 1 atom stereocenters. The van der Waals surface area contributed by atoms with Crippen molar-refractivity contribution in [1.82, 2.24) is 0 Å². The zero-order valence-corrected chi connectivity index (χ0v) is 9.10. The van der Waals surface area contributed by atoms with E-state index in [0.29, 0.717) is 19.4 Å². The molecule has 4 heteroatoms. The molecule has 0 fully saturated rings. The molecule has 0 heterocycles. The summed E-state index contributed by atoms with van der Waals surface area (Å²) in [7, 11) is 0. The molecule has 0 saturated heterocycles. The van der Waals surface area contributed by atoms with E-state index in [-0.39, 0.29) is 5.75 Å². The van der Waals surface area contributed by atoms with Crippen molar-refractivity contribution < 1.29 is 15.0 Å². The van der Waals surface area contributed by atoms with Crippen LogP contribution < -0.4 is 5.73 Å². The lowest BCUT2D eigenvalue weighted by Gasteiger charge is -2.11. The Kier molecular flexibility index (Phi) is 4.79. The highest BCUT2D eigenvalue weighted by Crippen LogP contribution is 2.17. The Hall–Kier alpha value is -1.55. The first-order chi connectivity index (χ1) is 7.63. The third-order valence-corrected chi connectivity index (χ3v) is 2.52. The number of hydrogen-bond donors (Lipinski definition) is 3. The third kappa shape index (κ3) is 3.90. The van der Waals surface area contributed by atoms with Crippen molar-refractivity contribution in [3.63, 3.8) is 0 Å². The fourth-order valence-corrected chi connectivity index (χ4v) is 1.59. The fourth-order valence-electron chi connectivity index (χ4n) is 1.59. The SMILES string of the molecule is NCCCC(Cc1ccc(O)cc1)C(=O)O. The fraction of sp³-hybridized carbons (Fsp3) is 0.417. The van der Waals surface area contributed by atoms with Crippen molar-refractivity contribution in [2.45, 2.75) is 19.3 Å². The summed E-state index contributed by atoms with van der Waals surface area (Å²) in [5.74, 6) is -0.993. The number of phenolic OH excluding ortho intramolecular Hbond substituents is 1. The van der Waals surface area contributed by atoms with Crippen LogP contribution in [0.3, 0.4) is 0 Å². The third-order valence-electron chi connectivity index (χ3n) is 2.52. The molecule has 1 unspecified atom stereocenters. The molecule has 1 rings (SSSR count). The van der Waals surface area contributed by atoms with Crippen molar-refractivity contribution in [2.75, 3.05) is 6.54 Å². The molecular formula is C12H17NO3. The largest absolute Gasteiger partial charge is 0.508 e. The van der Waals surface area contributed by atoms with Gasteiger partial charge in [0.1, 0.15) is 5.75 Å². The summed E-state index contributed by atoms with van der Waals surface area (Å²) in [5, 5.41) is 18.1. The monoisotopic (exact) mass is 223 g/mol. The summed E-state index contributed by atoms with van der Waals surface area (Å²) in [4.78, 5) is 11.0. The second-order valence-corrected chi connectivity index (χ2v) is 3.84. The van der Waals surface area contributed by atoms with Gasteiger partial charge in [0.05, 0.1) is 5.92 Å². The van der Waals surface area contributed by atoms with Crippen LogP contribution in [0.2, 0.25) is 0 Å². The van der Waals surface area contributed by atoms with Crippen molar-refractivity contribution >= 4 is 5.97 Å². The Morgan fingerprint density at radius 2 is 1.94 bits per heavy atom. The van der Waals surface area contributed by atoms with Gasteiger partial charge in [-0.1, -0.05) is 12.1 Å². The summed E-state index contributed by atoms with van der Waals surface area (Å²) >= 11 is 0. The minimum absolute atomic E-state index is 0.192. The number of nitrogens with two attached hydrogens (primary N) is 1. The Labute approximate surface area is 94.7 Å². The molecule has 16 heavy (non-hydrogen) atoms. The Bertz CT molecular complexity index is 335. The highest BCUT2D eigenvalue weighted by atomic mass is 16.4. The van der Waals surface area contributed by atoms with Gasteiger partial charge in [0.25, 0.3) is 0 Å². The maximum atomic E-state index is 11.0. The highest BCUT2D eigenvalue weighted by Gasteiger charge is 2.17. The van der Waals surface area contributed by atoms with Gasteiger partial charge < -0.3 is 15.9 Å². The van der Waals surface area contributed by atoms with Crippen LogP contribution in [-0.4, -0.2) is 22.7 Å². The molecule has 4 N–H and O–H groups in total. The number of carboxylic acid groups (broad SMARTS) is 1. The maximum Gasteiger partial charge on any atom is 0.306 e. The molecule has 0 aliphatic heterocycles. The second kappa shape index (κ2) is 6.12. The molecule has 0 amide bonds. The van der Waals surface area contributed by atoms with Crippen LogP contribution in [-0.2, 0) is 11.2 Å². The predicted octanol–water partition coefficient (Wildman–Crippen LogP) is 1.37. The van der Waals surface area contributed by atoms with Crippen LogP contribution >= 0.6 is 0 Å². The topological polar surface area (TPSA) is 83.5 Å². The van der Waals surface area contributed by atoms with Crippen LogP contribution in [0.4, 0.5) is 0 Å². The maximum absolute atomic E-state index is 11.0. The molecular weight excluding hydrogens is 206 g/mol. The van der Waals surface area contributed by atoms with E-state index in [4.69, 9.17) is 15.9 Å². The molecule has 0 aromatic heterocycles. The van der Waals surface area contributed by atoms with Gasteiger partial charge >= 0.3 is 5.97 Å². The summed E-state index contributed by atoms with van der Waals surface area (Å²) in [6.45, 7) is 0.513. The number of phenols is 1. The molecule has 4 nitrogen and oxygen atoms in total. The van der Waals surface area contributed by atoms with Crippen LogP contribution in [0, 0.1) is 5.92 Å². The van der Waals surface area contributed by atoms with Gasteiger partial charge in [0, 0.05) is 0 Å². The average Bonchev–Trinajstić information content (AvgIpc) is 2.26. The van der Waals surface area contributed by atoms with Crippen molar-refractivity contribution in [1.29, 1.82) is 0 Å². The molecule has 1 aromatic carbocycles. The minimum Gasteiger partial charge on any atom is -0.508 e. The standard InChI is InChI=1S/C12H17NO3/c13-7-1-2-10(12(15)16)8-9-3-5-11(14)6-4-9/h3-6,10,14H,1-2,7-8,13H2,(H,15,16). The molecule has 0 spiro atoms. The van der Waals surface area contributed by atoms with Crippen LogP contribution in [0.5, 0.6) is 5.75 Å². The van der Waals surface area contributed by atoms with Crippen molar-refractivity contribution in [3.05, 3.63) is 29.8 Å². The molecule has 0 aliphatic rings. The first-order valence-electron chi connectivity index (χ1n) is 5.34. The summed E-state index contributed by atoms with van der Waals surface area (Å²) in [5.41, 5.74) is 6.28. The van der Waals surface area contributed by atoms with Gasteiger partial charge in [0.15, 0.2) is 0 Å². The minimum atomic E-state index is -0.790. The van der Waals surface area contributed by atoms with E-state index in [1.165, 1.54) is 0 Å². The molecule has 0 bridgehead atoms. The van der Waals surface area contributed by atoms with E-state index >= 15 is 0 Å². The lowest BCUT2D eigenvalue weighted by molar-refractivity contribution is -0.141. The van der Waals surface area contributed by atoms with Crippen LogP contribution in [0.15, 0.2) is 24.3 Å². The molecule has 0 radical (unpaired) electrons.